The van der Waals surface area contributed by atoms with Crippen LogP contribution >= 0.6 is 7.75 Å². The molecule has 0 N–H and O–H groups in total. The third-order valence-corrected chi connectivity index (χ3v) is 2.50. The van der Waals surface area contributed by atoms with Gasteiger partial charge >= 0.3 is 0 Å². The number of rotatable bonds is 3. The lowest BCUT2D eigenvalue weighted by molar-refractivity contribution is -0.213. The standard InChI is InChI=1S/C5H14NO3P/c1-5(2)9-10(7,8)6(3)4/h5H,1-4H3,(H,7,8)/p-1. The molecule has 1 atom stereocenters. The summed E-state index contributed by atoms with van der Waals surface area (Å²) in [5.41, 5.74) is 0. The van der Waals surface area contributed by atoms with E-state index >= 15 is 0 Å². The SMILES string of the molecule is CC(C)OP(=O)([O-])N(C)C. The molecule has 0 aromatic rings. The third kappa shape index (κ3) is 3.32. The molecule has 0 saturated carbocycles. The lowest BCUT2D eigenvalue weighted by Crippen LogP contribution is -2.22. The summed E-state index contributed by atoms with van der Waals surface area (Å²) in [5.74, 6) is 0. The van der Waals surface area contributed by atoms with Crippen molar-refractivity contribution >= 4 is 7.75 Å². The van der Waals surface area contributed by atoms with E-state index in [0.717, 1.165) is 4.67 Å². The van der Waals surface area contributed by atoms with Crippen molar-refractivity contribution in [3.05, 3.63) is 0 Å². The molecule has 1 unspecified atom stereocenters. The van der Waals surface area contributed by atoms with Gasteiger partial charge in [-0.25, -0.2) is 4.67 Å². The van der Waals surface area contributed by atoms with E-state index in [2.05, 4.69) is 4.52 Å². The molecule has 4 nitrogen and oxygen atoms in total. The van der Waals surface area contributed by atoms with Gasteiger partial charge in [0.25, 0.3) is 0 Å². The van der Waals surface area contributed by atoms with E-state index in [-0.39, 0.29) is 6.10 Å². The Bertz CT molecular complexity index is 146. The lowest BCUT2D eigenvalue weighted by atomic mass is 10.5. The van der Waals surface area contributed by atoms with Crippen molar-refractivity contribution in [1.82, 2.24) is 4.67 Å². The highest BCUT2D eigenvalue weighted by Crippen LogP contribution is 2.39. The Morgan fingerprint density at radius 1 is 1.50 bits per heavy atom. The Hall–Kier alpha value is 0.110. The summed E-state index contributed by atoms with van der Waals surface area (Å²) in [6.45, 7) is 3.35. The molecule has 0 saturated heterocycles. The molecule has 0 aromatic carbocycles. The maximum absolute atomic E-state index is 10.9. The fraction of sp³-hybridized carbons (Fsp3) is 1.00. The monoisotopic (exact) mass is 166 g/mol. The Morgan fingerprint density at radius 3 is 2.00 bits per heavy atom. The van der Waals surface area contributed by atoms with Crippen molar-refractivity contribution in [2.24, 2.45) is 0 Å². The normalized spacial score (nSPS) is 17.9. The zero-order valence-electron chi connectivity index (χ0n) is 6.70. The summed E-state index contributed by atoms with van der Waals surface area (Å²) in [4.78, 5) is 10.9. The molecule has 10 heavy (non-hydrogen) atoms. The molecule has 0 fully saturated rings. The van der Waals surface area contributed by atoms with Gasteiger partial charge in [-0.15, -0.1) is 0 Å². The Kier molecular flexibility index (Phi) is 3.52. The van der Waals surface area contributed by atoms with E-state index in [1.165, 1.54) is 14.1 Å². The van der Waals surface area contributed by atoms with Crippen molar-refractivity contribution in [3.8, 4) is 0 Å². The van der Waals surface area contributed by atoms with Crippen molar-refractivity contribution in [2.45, 2.75) is 20.0 Å². The van der Waals surface area contributed by atoms with E-state index in [1.54, 1.807) is 13.8 Å². The van der Waals surface area contributed by atoms with Crippen LogP contribution in [0.5, 0.6) is 0 Å². The van der Waals surface area contributed by atoms with Crippen LogP contribution in [0.3, 0.4) is 0 Å². The third-order valence-electron chi connectivity index (χ3n) is 0.834. The quantitative estimate of drug-likeness (QED) is 0.571. The summed E-state index contributed by atoms with van der Waals surface area (Å²) in [6, 6.07) is 0. The van der Waals surface area contributed by atoms with E-state index in [1.807, 2.05) is 0 Å². The fourth-order valence-corrected chi connectivity index (χ4v) is 1.08. The summed E-state index contributed by atoms with van der Waals surface area (Å²) in [7, 11) is -0.856. The Balaban J connectivity index is 4.01. The van der Waals surface area contributed by atoms with Crippen LogP contribution in [0.2, 0.25) is 0 Å². The zero-order chi connectivity index (χ0) is 8.36. The molecular weight excluding hydrogens is 153 g/mol. The van der Waals surface area contributed by atoms with Crippen LogP contribution < -0.4 is 4.89 Å². The van der Waals surface area contributed by atoms with Crippen molar-refractivity contribution < 1.29 is 14.0 Å². The van der Waals surface area contributed by atoms with Gasteiger partial charge in [0.15, 0.2) is 0 Å². The van der Waals surface area contributed by atoms with Crippen LogP contribution in [0, 0.1) is 0 Å². The van der Waals surface area contributed by atoms with Crippen molar-refractivity contribution in [2.75, 3.05) is 14.1 Å². The molecule has 0 radical (unpaired) electrons. The molecule has 0 heterocycles. The van der Waals surface area contributed by atoms with Crippen molar-refractivity contribution in [1.29, 1.82) is 0 Å². The molecule has 0 rings (SSSR count). The molecule has 0 bridgehead atoms. The number of hydrogen-bond acceptors (Lipinski definition) is 3. The molecule has 5 heteroatoms. The molecule has 0 aliphatic carbocycles. The number of nitrogens with zero attached hydrogens (tertiary/aromatic N) is 1. The van der Waals surface area contributed by atoms with Crippen LogP contribution in [-0.4, -0.2) is 24.9 Å². The van der Waals surface area contributed by atoms with Gasteiger partial charge in [-0.3, -0.25) is 4.57 Å². The predicted octanol–water partition coefficient (Wildman–Crippen LogP) is 0.441. The van der Waals surface area contributed by atoms with Gasteiger partial charge in [0.1, 0.15) is 0 Å². The van der Waals surface area contributed by atoms with Gasteiger partial charge < -0.3 is 9.42 Å². The lowest BCUT2D eigenvalue weighted by Gasteiger charge is -2.30. The van der Waals surface area contributed by atoms with E-state index in [0.29, 0.717) is 0 Å². The van der Waals surface area contributed by atoms with E-state index < -0.39 is 7.75 Å². The predicted molar refractivity (Wildman–Crippen MR) is 37.5 cm³/mol. The maximum atomic E-state index is 10.9. The summed E-state index contributed by atoms with van der Waals surface area (Å²) in [6.07, 6.45) is -0.286. The molecular formula is C5H13NO3P-. The molecule has 0 aliphatic rings. The van der Waals surface area contributed by atoms with Gasteiger partial charge in [-0.1, -0.05) is 0 Å². The fourth-order valence-electron chi connectivity index (χ4n) is 0.361. The minimum atomic E-state index is -3.74. The minimum Gasteiger partial charge on any atom is -0.766 e. The summed E-state index contributed by atoms with van der Waals surface area (Å²) < 4.78 is 16.6. The second kappa shape index (κ2) is 3.49. The first-order valence-corrected chi connectivity index (χ1v) is 4.53. The minimum absolute atomic E-state index is 0.286. The molecule has 0 amide bonds. The summed E-state index contributed by atoms with van der Waals surface area (Å²) >= 11 is 0. The van der Waals surface area contributed by atoms with Gasteiger partial charge in [-0.2, -0.15) is 0 Å². The Morgan fingerprint density at radius 2 is 1.90 bits per heavy atom. The van der Waals surface area contributed by atoms with Crippen LogP contribution in [0.4, 0.5) is 0 Å². The zero-order valence-corrected chi connectivity index (χ0v) is 7.59. The maximum Gasteiger partial charge on any atom is 0.206 e. The molecule has 0 spiro atoms. The highest BCUT2D eigenvalue weighted by molar-refractivity contribution is 7.48. The number of hydrogen-bond donors (Lipinski definition) is 0. The highest BCUT2D eigenvalue weighted by atomic mass is 31.2. The topological polar surface area (TPSA) is 52.6 Å². The van der Waals surface area contributed by atoms with Crippen LogP contribution in [0.25, 0.3) is 0 Å². The van der Waals surface area contributed by atoms with Gasteiger partial charge in [0.2, 0.25) is 7.75 Å². The largest absolute Gasteiger partial charge is 0.766 e. The highest BCUT2D eigenvalue weighted by Gasteiger charge is 2.12. The van der Waals surface area contributed by atoms with Crippen LogP contribution in [0.15, 0.2) is 0 Å². The first-order valence-electron chi connectivity index (χ1n) is 3.03. The smallest absolute Gasteiger partial charge is 0.206 e. The molecule has 0 aromatic heterocycles. The first-order chi connectivity index (χ1) is 4.36. The molecule has 0 aliphatic heterocycles. The first kappa shape index (κ1) is 10.1. The van der Waals surface area contributed by atoms with Crippen LogP contribution in [0.1, 0.15) is 13.8 Å². The molecule has 62 valence electrons. The van der Waals surface area contributed by atoms with E-state index in [4.69, 9.17) is 0 Å². The van der Waals surface area contributed by atoms with Crippen molar-refractivity contribution in [3.63, 3.8) is 0 Å². The van der Waals surface area contributed by atoms with Gasteiger partial charge in [-0.05, 0) is 27.9 Å². The van der Waals surface area contributed by atoms with E-state index in [9.17, 15) is 9.46 Å². The average Bonchev–Trinajstić information content (AvgIpc) is 1.60. The van der Waals surface area contributed by atoms with Gasteiger partial charge in [0, 0.05) is 0 Å². The van der Waals surface area contributed by atoms with Crippen LogP contribution in [-0.2, 0) is 9.09 Å². The Labute approximate surface area is 61.4 Å². The van der Waals surface area contributed by atoms with Gasteiger partial charge in [0.05, 0.1) is 6.10 Å². The second-order valence-corrected chi connectivity index (χ2v) is 4.42. The second-order valence-electron chi connectivity index (χ2n) is 2.47. The average molecular weight is 166 g/mol. The summed E-state index contributed by atoms with van der Waals surface area (Å²) in [5, 5.41) is 0.